The predicted molar refractivity (Wildman–Crippen MR) is 95.6 cm³/mol. The number of halogens is 5. The summed E-state index contributed by atoms with van der Waals surface area (Å²) in [7, 11) is 0. The highest BCUT2D eigenvalue weighted by molar-refractivity contribution is 6.04. The van der Waals surface area contributed by atoms with Crippen LogP contribution >= 0.6 is 0 Å². The first kappa shape index (κ1) is 20.2. The van der Waals surface area contributed by atoms with Crippen molar-refractivity contribution in [2.24, 2.45) is 0 Å². The fourth-order valence-corrected chi connectivity index (χ4v) is 2.64. The van der Waals surface area contributed by atoms with E-state index in [4.69, 9.17) is 0 Å². The van der Waals surface area contributed by atoms with Crippen molar-refractivity contribution in [3.05, 3.63) is 99.5 Å². The summed E-state index contributed by atoms with van der Waals surface area (Å²) >= 11 is 0. The summed E-state index contributed by atoms with van der Waals surface area (Å²) in [4.78, 5) is 24.9. The predicted octanol–water partition coefficient (Wildman–Crippen LogP) is 4.45. The van der Waals surface area contributed by atoms with Crippen molar-refractivity contribution in [3.63, 3.8) is 0 Å². The van der Waals surface area contributed by atoms with Gasteiger partial charge in [-0.05, 0) is 48.0 Å². The van der Waals surface area contributed by atoms with Crippen LogP contribution in [0.1, 0.15) is 21.5 Å². The molecule has 0 aliphatic carbocycles. The zero-order valence-electron chi connectivity index (χ0n) is 14.6. The lowest BCUT2D eigenvalue weighted by Crippen LogP contribution is -2.29. The average molecular weight is 408 g/mol. The number of hydrogen-bond donors (Lipinski definition) is 1. The SMILES string of the molecule is O=C(Nc1ccc(F)c(C(F)(F)F)c1)c1cccn(Cc2ccc(F)cc2)c1=O. The van der Waals surface area contributed by atoms with Crippen molar-refractivity contribution in [1.29, 1.82) is 0 Å². The molecule has 0 aliphatic heterocycles. The van der Waals surface area contributed by atoms with E-state index in [9.17, 15) is 31.5 Å². The minimum atomic E-state index is -4.93. The molecular formula is C20H13F5N2O2. The maximum absolute atomic E-state index is 13.4. The Kier molecular flexibility index (Phi) is 5.49. The summed E-state index contributed by atoms with van der Waals surface area (Å²) in [5.74, 6) is -2.85. The molecule has 29 heavy (non-hydrogen) atoms. The fraction of sp³-hybridized carbons (Fsp3) is 0.100. The highest BCUT2D eigenvalue weighted by atomic mass is 19.4. The average Bonchev–Trinajstić information content (AvgIpc) is 2.65. The third kappa shape index (κ3) is 4.68. The molecule has 150 valence electrons. The molecule has 0 bridgehead atoms. The number of anilines is 1. The number of hydrogen-bond acceptors (Lipinski definition) is 2. The molecule has 0 aliphatic rings. The molecule has 0 saturated carbocycles. The molecule has 1 N–H and O–H groups in total. The molecule has 0 spiro atoms. The van der Waals surface area contributed by atoms with Gasteiger partial charge in [0.1, 0.15) is 17.2 Å². The molecule has 0 radical (unpaired) electrons. The topological polar surface area (TPSA) is 51.1 Å². The van der Waals surface area contributed by atoms with Crippen molar-refractivity contribution in [2.45, 2.75) is 12.7 Å². The number of carbonyl (C=O) groups excluding carboxylic acids is 1. The van der Waals surface area contributed by atoms with Crippen LogP contribution in [-0.2, 0) is 12.7 Å². The molecule has 0 fully saturated rings. The second kappa shape index (κ2) is 7.86. The van der Waals surface area contributed by atoms with Gasteiger partial charge in [0.25, 0.3) is 11.5 Å². The molecule has 3 rings (SSSR count). The first-order valence-electron chi connectivity index (χ1n) is 8.27. The van der Waals surface area contributed by atoms with Gasteiger partial charge < -0.3 is 9.88 Å². The van der Waals surface area contributed by atoms with Crippen molar-refractivity contribution in [3.8, 4) is 0 Å². The number of pyridine rings is 1. The molecule has 4 nitrogen and oxygen atoms in total. The first-order chi connectivity index (χ1) is 13.6. The lowest BCUT2D eigenvalue weighted by molar-refractivity contribution is -0.139. The van der Waals surface area contributed by atoms with E-state index >= 15 is 0 Å². The van der Waals surface area contributed by atoms with E-state index in [0.29, 0.717) is 17.7 Å². The van der Waals surface area contributed by atoms with Gasteiger partial charge in [0.15, 0.2) is 0 Å². The molecule has 9 heteroatoms. The van der Waals surface area contributed by atoms with Crippen LogP contribution in [0.2, 0.25) is 0 Å². The highest BCUT2D eigenvalue weighted by Crippen LogP contribution is 2.33. The van der Waals surface area contributed by atoms with Gasteiger partial charge >= 0.3 is 6.18 Å². The number of aromatic nitrogens is 1. The summed E-state index contributed by atoms with van der Waals surface area (Å²) in [6.07, 6.45) is -3.51. The molecular weight excluding hydrogens is 395 g/mol. The summed E-state index contributed by atoms with van der Waals surface area (Å²) in [5, 5.41) is 2.17. The van der Waals surface area contributed by atoms with Crippen molar-refractivity contribution < 1.29 is 26.7 Å². The Morgan fingerprint density at radius 3 is 2.34 bits per heavy atom. The molecule has 2 aromatic carbocycles. The molecule has 0 unspecified atom stereocenters. The van der Waals surface area contributed by atoms with Crippen LogP contribution in [-0.4, -0.2) is 10.5 Å². The molecule has 1 heterocycles. The van der Waals surface area contributed by atoms with Gasteiger partial charge in [0, 0.05) is 11.9 Å². The molecule has 3 aromatic rings. The van der Waals surface area contributed by atoms with E-state index in [0.717, 1.165) is 6.07 Å². The summed E-state index contributed by atoms with van der Waals surface area (Å²) < 4.78 is 66.0. The normalized spacial score (nSPS) is 11.3. The van der Waals surface area contributed by atoms with E-state index < -0.39 is 34.8 Å². The van der Waals surface area contributed by atoms with Crippen molar-refractivity contribution >= 4 is 11.6 Å². The lowest BCUT2D eigenvalue weighted by Gasteiger charge is -2.12. The largest absolute Gasteiger partial charge is 0.419 e. The molecule has 1 aromatic heterocycles. The third-order valence-electron chi connectivity index (χ3n) is 4.06. The molecule has 0 atom stereocenters. The van der Waals surface area contributed by atoms with Crippen molar-refractivity contribution in [1.82, 2.24) is 4.57 Å². The van der Waals surface area contributed by atoms with E-state index in [1.165, 1.54) is 47.2 Å². The number of rotatable bonds is 4. The summed E-state index contributed by atoms with van der Waals surface area (Å²) in [5.41, 5.74) is -2.23. The second-order valence-corrected chi connectivity index (χ2v) is 6.13. The Bertz CT molecular complexity index is 1110. The van der Waals surface area contributed by atoms with E-state index in [1.807, 2.05) is 0 Å². The first-order valence-corrected chi connectivity index (χ1v) is 8.27. The Balaban J connectivity index is 1.85. The van der Waals surface area contributed by atoms with E-state index in [1.54, 1.807) is 0 Å². The van der Waals surface area contributed by atoms with Crippen LogP contribution in [0.15, 0.2) is 65.6 Å². The Morgan fingerprint density at radius 2 is 1.69 bits per heavy atom. The zero-order valence-corrected chi connectivity index (χ0v) is 14.6. The van der Waals surface area contributed by atoms with Gasteiger partial charge in [-0.3, -0.25) is 9.59 Å². The van der Waals surface area contributed by atoms with E-state index in [-0.39, 0.29) is 17.8 Å². The minimum absolute atomic E-state index is 0.0645. The van der Waals surface area contributed by atoms with Gasteiger partial charge in [-0.15, -0.1) is 0 Å². The van der Waals surface area contributed by atoms with Gasteiger partial charge in [0.05, 0.1) is 12.1 Å². The number of nitrogens with one attached hydrogen (secondary N) is 1. The quantitative estimate of drug-likeness (QED) is 0.649. The zero-order chi connectivity index (χ0) is 21.2. The van der Waals surface area contributed by atoms with Crippen LogP contribution < -0.4 is 10.9 Å². The maximum Gasteiger partial charge on any atom is 0.419 e. The fourth-order valence-electron chi connectivity index (χ4n) is 2.64. The maximum atomic E-state index is 13.4. The molecule has 0 saturated heterocycles. The van der Waals surface area contributed by atoms with Crippen molar-refractivity contribution in [2.75, 3.05) is 5.32 Å². The second-order valence-electron chi connectivity index (χ2n) is 6.13. The standard InChI is InChI=1S/C20H13F5N2O2/c21-13-5-3-12(4-6-13)11-27-9-1-2-15(19(27)29)18(28)26-14-7-8-17(22)16(10-14)20(23,24)25/h1-10H,11H2,(H,26,28). The number of carbonyl (C=O) groups is 1. The summed E-state index contributed by atoms with van der Waals surface area (Å²) in [6.45, 7) is 0.0645. The van der Waals surface area contributed by atoms with Crippen LogP contribution in [0.3, 0.4) is 0 Å². The van der Waals surface area contributed by atoms with Gasteiger partial charge in [-0.1, -0.05) is 12.1 Å². The van der Waals surface area contributed by atoms with Crippen LogP contribution in [0, 0.1) is 11.6 Å². The monoisotopic (exact) mass is 408 g/mol. The third-order valence-corrected chi connectivity index (χ3v) is 4.06. The lowest BCUT2D eigenvalue weighted by atomic mass is 10.1. The smallest absolute Gasteiger partial charge is 0.322 e. The van der Waals surface area contributed by atoms with Crippen LogP contribution in [0.5, 0.6) is 0 Å². The highest BCUT2D eigenvalue weighted by Gasteiger charge is 2.34. The van der Waals surface area contributed by atoms with Gasteiger partial charge in [-0.25, -0.2) is 8.78 Å². The number of benzene rings is 2. The summed E-state index contributed by atoms with van der Waals surface area (Å²) in [6, 6.07) is 10.0. The Morgan fingerprint density at radius 1 is 1.00 bits per heavy atom. The Hall–Kier alpha value is -3.49. The Labute approximate surface area is 161 Å². The van der Waals surface area contributed by atoms with E-state index in [2.05, 4.69) is 5.32 Å². The number of alkyl halides is 3. The van der Waals surface area contributed by atoms with Gasteiger partial charge in [0.2, 0.25) is 0 Å². The number of nitrogens with zero attached hydrogens (tertiary/aromatic N) is 1. The molecule has 1 amide bonds. The number of amides is 1. The van der Waals surface area contributed by atoms with Gasteiger partial charge in [-0.2, -0.15) is 13.2 Å². The minimum Gasteiger partial charge on any atom is -0.322 e. The van der Waals surface area contributed by atoms with Crippen LogP contribution in [0.25, 0.3) is 0 Å². The van der Waals surface area contributed by atoms with Crippen LogP contribution in [0.4, 0.5) is 27.6 Å².